The summed E-state index contributed by atoms with van der Waals surface area (Å²) in [5, 5.41) is 16.6. The van der Waals surface area contributed by atoms with Crippen LogP contribution in [0.1, 0.15) is 24.0 Å². The number of hydrogen-bond acceptors (Lipinski definition) is 7. The molecule has 0 spiro atoms. The summed E-state index contributed by atoms with van der Waals surface area (Å²) in [6.07, 6.45) is 2.04. The summed E-state index contributed by atoms with van der Waals surface area (Å²) in [6, 6.07) is 25.2. The molecule has 8 nitrogen and oxygen atoms in total. The van der Waals surface area contributed by atoms with Gasteiger partial charge in [0.05, 0.1) is 17.1 Å². The van der Waals surface area contributed by atoms with Crippen molar-refractivity contribution in [3.8, 4) is 6.07 Å². The molecule has 1 aromatic heterocycles. The summed E-state index contributed by atoms with van der Waals surface area (Å²) >= 11 is 0. The van der Waals surface area contributed by atoms with Gasteiger partial charge < -0.3 is 21.3 Å². The molecule has 0 saturated carbocycles. The van der Waals surface area contributed by atoms with Gasteiger partial charge in [-0.25, -0.2) is 4.98 Å². The Kier molecular flexibility index (Phi) is 6.63. The molecular weight excluding hydrogens is 450 g/mol. The average Bonchev–Trinajstić information content (AvgIpc) is 3.35. The highest BCUT2D eigenvalue weighted by molar-refractivity contribution is 5.91. The minimum atomic E-state index is 0.0607. The van der Waals surface area contributed by atoms with Crippen LogP contribution in [-0.2, 0) is 11.2 Å². The van der Waals surface area contributed by atoms with Crippen molar-refractivity contribution in [2.75, 3.05) is 29.0 Å². The number of fused-ring (bicyclic) bond motifs is 1. The smallest absolute Gasteiger partial charge is 0.229 e. The van der Waals surface area contributed by atoms with Gasteiger partial charge in [-0.1, -0.05) is 42.5 Å². The monoisotopic (exact) mass is 477 g/mol. The molecule has 0 unspecified atom stereocenters. The first-order valence-electron chi connectivity index (χ1n) is 12.0. The van der Waals surface area contributed by atoms with E-state index in [2.05, 4.69) is 26.6 Å². The summed E-state index contributed by atoms with van der Waals surface area (Å²) in [6.45, 7) is 1.45. The lowest BCUT2D eigenvalue weighted by atomic mass is 10.1. The first-order valence-corrected chi connectivity index (χ1v) is 12.0. The number of nitrogens with one attached hydrogen (secondary N) is 2. The molecule has 2 heterocycles. The van der Waals surface area contributed by atoms with Gasteiger partial charge in [-0.15, -0.1) is 0 Å². The van der Waals surface area contributed by atoms with Crippen molar-refractivity contribution in [3.63, 3.8) is 0 Å². The molecule has 0 bridgehead atoms. The van der Waals surface area contributed by atoms with Crippen molar-refractivity contribution in [3.05, 3.63) is 83.9 Å². The number of amides is 1. The van der Waals surface area contributed by atoms with E-state index in [-0.39, 0.29) is 11.9 Å². The molecule has 4 aromatic rings. The third-order valence-electron chi connectivity index (χ3n) is 6.26. The third-order valence-corrected chi connectivity index (χ3v) is 6.26. The maximum atomic E-state index is 12.6. The second-order valence-electron chi connectivity index (χ2n) is 8.95. The van der Waals surface area contributed by atoms with Crippen LogP contribution < -0.4 is 21.3 Å². The summed E-state index contributed by atoms with van der Waals surface area (Å²) in [5.74, 6) is 1.30. The van der Waals surface area contributed by atoms with Crippen molar-refractivity contribution in [2.24, 2.45) is 0 Å². The SMILES string of the molecule is N#Cc1cc(N)cc(Nc2nc(N3CC[C@H](NC(=O)CCc4ccccc4)C3)c3ccccc3n2)c1. The van der Waals surface area contributed by atoms with Gasteiger partial charge in [0, 0.05) is 42.3 Å². The van der Waals surface area contributed by atoms with Crippen molar-refractivity contribution in [2.45, 2.75) is 25.3 Å². The minimum Gasteiger partial charge on any atom is -0.399 e. The minimum absolute atomic E-state index is 0.0607. The lowest BCUT2D eigenvalue weighted by Crippen LogP contribution is -2.37. The maximum Gasteiger partial charge on any atom is 0.229 e. The van der Waals surface area contributed by atoms with Crippen LogP contribution >= 0.6 is 0 Å². The van der Waals surface area contributed by atoms with E-state index in [1.165, 1.54) is 0 Å². The third kappa shape index (κ3) is 5.36. The van der Waals surface area contributed by atoms with Gasteiger partial charge in [0.25, 0.3) is 0 Å². The van der Waals surface area contributed by atoms with Gasteiger partial charge in [-0.2, -0.15) is 10.2 Å². The number of nitriles is 1. The number of benzene rings is 3. The number of hydrogen-bond donors (Lipinski definition) is 3. The molecule has 1 fully saturated rings. The number of aryl methyl sites for hydroxylation is 1. The zero-order valence-electron chi connectivity index (χ0n) is 19.8. The number of rotatable bonds is 7. The fourth-order valence-electron chi connectivity index (χ4n) is 4.55. The van der Waals surface area contributed by atoms with E-state index in [0.717, 1.165) is 41.7 Å². The van der Waals surface area contributed by atoms with Gasteiger partial charge >= 0.3 is 0 Å². The maximum absolute atomic E-state index is 12.6. The quantitative estimate of drug-likeness (QED) is 0.342. The zero-order chi connectivity index (χ0) is 24.9. The van der Waals surface area contributed by atoms with Crippen molar-refractivity contribution in [1.29, 1.82) is 5.26 Å². The van der Waals surface area contributed by atoms with Crippen LogP contribution in [0.3, 0.4) is 0 Å². The van der Waals surface area contributed by atoms with E-state index >= 15 is 0 Å². The molecule has 3 aromatic carbocycles. The van der Waals surface area contributed by atoms with E-state index in [1.54, 1.807) is 18.2 Å². The number of carbonyl (C=O) groups is 1. The lowest BCUT2D eigenvalue weighted by molar-refractivity contribution is -0.121. The largest absolute Gasteiger partial charge is 0.399 e. The Morgan fingerprint density at radius 3 is 2.72 bits per heavy atom. The number of anilines is 4. The highest BCUT2D eigenvalue weighted by Crippen LogP contribution is 2.29. The fourth-order valence-corrected chi connectivity index (χ4v) is 4.55. The molecule has 4 N–H and O–H groups in total. The van der Waals surface area contributed by atoms with E-state index in [4.69, 9.17) is 10.7 Å². The van der Waals surface area contributed by atoms with E-state index in [0.29, 0.717) is 35.9 Å². The highest BCUT2D eigenvalue weighted by atomic mass is 16.1. The van der Waals surface area contributed by atoms with E-state index in [1.807, 2.05) is 54.6 Å². The molecule has 5 rings (SSSR count). The van der Waals surface area contributed by atoms with E-state index < -0.39 is 0 Å². The molecule has 1 aliphatic rings. The van der Waals surface area contributed by atoms with Gasteiger partial charge in [0.15, 0.2) is 0 Å². The predicted octanol–water partition coefficient (Wildman–Crippen LogP) is 4.15. The predicted molar refractivity (Wildman–Crippen MR) is 142 cm³/mol. The first-order chi connectivity index (χ1) is 17.6. The zero-order valence-corrected chi connectivity index (χ0v) is 19.8. The van der Waals surface area contributed by atoms with Gasteiger partial charge in [0.2, 0.25) is 11.9 Å². The topological polar surface area (TPSA) is 120 Å². The van der Waals surface area contributed by atoms with Crippen LogP contribution in [0.2, 0.25) is 0 Å². The number of nitrogens with zero attached hydrogens (tertiary/aromatic N) is 4. The molecule has 1 amide bonds. The molecule has 180 valence electrons. The lowest BCUT2D eigenvalue weighted by Gasteiger charge is -2.21. The molecule has 1 atom stereocenters. The number of nitrogen functional groups attached to an aromatic ring is 1. The van der Waals surface area contributed by atoms with Crippen LogP contribution in [0, 0.1) is 11.3 Å². The Bertz CT molecular complexity index is 1430. The molecular formula is C28H27N7O. The first kappa shape index (κ1) is 23.1. The molecule has 0 radical (unpaired) electrons. The Labute approximate surface area is 209 Å². The summed E-state index contributed by atoms with van der Waals surface area (Å²) in [4.78, 5) is 24.2. The normalized spacial score (nSPS) is 15.0. The van der Waals surface area contributed by atoms with Gasteiger partial charge in [-0.05, 0) is 48.7 Å². The van der Waals surface area contributed by atoms with Crippen LogP contribution in [-0.4, -0.2) is 35.0 Å². The summed E-state index contributed by atoms with van der Waals surface area (Å²) in [7, 11) is 0. The molecule has 1 aliphatic heterocycles. The average molecular weight is 478 g/mol. The number of para-hydroxylation sites is 1. The summed E-state index contributed by atoms with van der Waals surface area (Å²) in [5.41, 5.74) is 9.52. The molecule has 0 aliphatic carbocycles. The van der Waals surface area contributed by atoms with Gasteiger partial charge in [0.1, 0.15) is 5.82 Å². The van der Waals surface area contributed by atoms with Gasteiger partial charge in [-0.3, -0.25) is 4.79 Å². The second-order valence-corrected chi connectivity index (χ2v) is 8.95. The number of aromatic nitrogens is 2. The van der Waals surface area contributed by atoms with Crippen LogP contribution in [0.25, 0.3) is 10.9 Å². The van der Waals surface area contributed by atoms with Crippen molar-refractivity contribution < 1.29 is 4.79 Å². The van der Waals surface area contributed by atoms with E-state index in [9.17, 15) is 10.1 Å². The molecule has 1 saturated heterocycles. The van der Waals surface area contributed by atoms with Crippen LogP contribution in [0.4, 0.5) is 23.1 Å². The van der Waals surface area contributed by atoms with Crippen molar-refractivity contribution in [1.82, 2.24) is 15.3 Å². The molecule has 36 heavy (non-hydrogen) atoms. The fraction of sp³-hybridized carbons (Fsp3) is 0.214. The standard InChI is InChI=1S/C28H27N7O/c29-17-20-14-21(30)16-23(15-20)32-28-33-25-9-5-4-8-24(25)27(34-28)35-13-12-22(18-35)31-26(36)11-10-19-6-2-1-3-7-19/h1-9,14-16,22H,10-13,18,30H2,(H,31,36)(H,32,33,34)/t22-/m0/s1. The summed E-state index contributed by atoms with van der Waals surface area (Å²) < 4.78 is 0. The molecule has 8 heteroatoms. The Morgan fingerprint density at radius 2 is 1.89 bits per heavy atom. The Morgan fingerprint density at radius 1 is 1.08 bits per heavy atom. The van der Waals surface area contributed by atoms with Crippen molar-refractivity contribution >= 4 is 40.0 Å². The number of nitrogens with two attached hydrogens (primary N) is 1. The second kappa shape index (κ2) is 10.3. The number of carbonyl (C=O) groups excluding carboxylic acids is 1. The Balaban J connectivity index is 1.31. The highest BCUT2D eigenvalue weighted by Gasteiger charge is 2.26. The van der Waals surface area contributed by atoms with Crippen LogP contribution in [0.5, 0.6) is 0 Å². The van der Waals surface area contributed by atoms with Crippen LogP contribution in [0.15, 0.2) is 72.8 Å². The Hall–Kier alpha value is -4.64.